The lowest BCUT2D eigenvalue weighted by atomic mass is 10.0. The van der Waals surface area contributed by atoms with Crippen molar-refractivity contribution in [2.24, 2.45) is 0 Å². The molecule has 0 heterocycles. The first-order valence-electron chi connectivity index (χ1n) is 5.13. The van der Waals surface area contributed by atoms with Crippen molar-refractivity contribution >= 4 is 34.8 Å². The van der Waals surface area contributed by atoms with Crippen LogP contribution in [0.25, 0.3) is 0 Å². The first-order chi connectivity index (χ1) is 8.90. The molecule has 19 heavy (non-hydrogen) atoms. The van der Waals surface area contributed by atoms with E-state index >= 15 is 0 Å². The molecule has 0 amide bonds. The van der Waals surface area contributed by atoms with Crippen molar-refractivity contribution in [2.75, 3.05) is 0 Å². The standard InChI is InChI=1S/C13H6Cl3F3/c14-7-1-2-8(9(15)5-7)12(16)6-3-10(17)13(19)11(18)4-6/h1-5,12H. The van der Waals surface area contributed by atoms with Gasteiger partial charge in [-0.05, 0) is 35.4 Å². The van der Waals surface area contributed by atoms with Gasteiger partial charge in [-0.25, -0.2) is 13.2 Å². The molecule has 2 aromatic rings. The lowest BCUT2D eigenvalue weighted by Gasteiger charge is -2.13. The highest BCUT2D eigenvalue weighted by Gasteiger charge is 2.19. The molecule has 0 aliphatic heterocycles. The molecular formula is C13H6Cl3F3. The van der Waals surface area contributed by atoms with Crippen LogP contribution in [0.3, 0.4) is 0 Å². The van der Waals surface area contributed by atoms with E-state index in [2.05, 4.69) is 0 Å². The molecule has 0 nitrogen and oxygen atoms in total. The first-order valence-corrected chi connectivity index (χ1v) is 6.33. The van der Waals surface area contributed by atoms with Gasteiger partial charge >= 0.3 is 0 Å². The Morgan fingerprint density at radius 1 is 0.895 bits per heavy atom. The highest BCUT2D eigenvalue weighted by atomic mass is 35.5. The molecule has 1 unspecified atom stereocenters. The number of halogens is 6. The summed E-state index contributed by atoms with van der Waals surface area (Å²) in [6, 6.07) is 6.22. The Balaban J connectivity index is 2.47. The minimum atomic E-state index is -1.53. The maximum atomic E-state index is 13.2. The normalized spacial score (nSPS) is 12.5. The molecule has 0 bridgehead atoms. The SMILES string of the molecule is Fc1cc(C(Cl)c2ccc(Cl)cc2Cl)cc(F)c1F. The van der Waals surface area contributed by atoms with Crippen LogP contribution in [0.4, 0.5) is 13.2 Å². The second kappa shape index (κ2) is 5.61. The van der Waals surface area contributed by atoms with Gasteiger partial charge in [0.1, 0.15) is 0 Å². The van der Waals surface area contributed by atoms with Gasteiger partial charge in [-0.3, -0.25) is 0 Å². The van der Waals surface area contributed by atoms with Crippen molar-refractivity contribution in [3.63, 3.8) is 0 Å². The summed E-state index contributed by atoms with van der Waals surface area (Å²) in [5, 5.41) is -0.235. The topological polar surface area (TPSA) is 0 Å². The summed E-state index contributed by atoms with van der Waals surface area (Å²) in [5.74, 6) is -4.13. The summed E-state index contributed by atoms with van der Waals surface area (Å²) in [6.45, 7) is 0. The molecular weight excluding hydrogens is 319 g/mol. The summed E-state index contributed by atoms with van der Waals surface area (Å²) in [7, 11) is 0. The molecule has 6 heteroatoms. The smallest absolute Gasteiger partial charge is 0.194 e. The molecule has 0 spiro atoms. The molecule has 100 valence electrons. The number of hydrogen-bond donors (Lipinski definition) is 0. The minimum absolute atomic E-state index is 0.0716. The van der Waals surface area contributed by atoms with Crippen LogP contribution < -0.4 is 0 Å². The average Bonchev–Trinajstić information content (AvgIpc) is 2.34. The van der Waals surface area contributed by atoms with Crippen LogP contribution in [0.2, 0.25) is 10.0 Å². The van der Waals surface area contributed by atoms with Crippen LogP contribution in [0.5, 0.6) is 0 Å². The molecule has 0 aromatic heterocycles. The van der Waals surface area contributed by atoms with E-state index in [9.17, 15) is 13.2 Å². The first kappa shape index (κ1) is 14.5. The van der Waals surface area contributed by atoms with Gasteiger partial charge in [0.05, 0.1) is 5.38 Å². The molecule has 0 saturated heterocycles. The van der Waals surface area contributed by atoms with Crippen LogP contribution >= 0.6 is 34.8 Å². The summed E-state index contributed by atoms with van der Waals surface area (Å²) in [4.78, 5) is 0. The highest BCUT2D eigenvalue weighted by Crippen LogP contribution is 2.35. The van der Waals surface area contributed by atoms with E-state index in [1.54, 1.807) is 12.1 Å². The predicted molar refractivity (Wildman–Crippen MR) is 70.5 cm³/mol. The van der Waals surface area contributed by atoms with Crippen LogP contribution in [0.1, 0.15) is 16.5 Å². The van der Waals surface area contributed by atoms with Crippen molar-refractivity contribution < 1.29 is 13.2 Å². The van der Waals surface area contributed by atoms with Gasteiger partial charge in [0.15, 0.2) is 17.5 Å². The van der Waals surface area contributed by atoms with E-state index in [-0.39, 0.29) is 10.6 Å². The number of alkyl halides is 1. The van der Waals surface area contributed by atoms with Gasteiger partial charge in [-0.15, -0.1) is 11.6 Å². The number of benzene rings is 2. The Hall–Kier alpha value is -0.900. The van der Waals surface area contributed by atoms with Crippen LogP contribution in [-0.2, 0) is 0 Å². The molecule has 0 fully saturated rings. The third-order valence-corrected chi connectivity index (χ3v) is 3.58. The van der Waals surface area contributed by atoms with Gasteiger partial charge < -0.3 is 0 Å². The van der Waals surface area contributed by atoms with Gasteiger partial charge in [0.25, 0.3) is 0 Å². The highest BCUT2D eigenvalue weighted by molar-refractivity contribution is 6.36. The Bertz CT molecular complexity index is 606. The van der Waals surface area contributed by atoms with E-state index in [4.69, 9.17) is 34.8 Å². The van der Waals surface area contributed by atoms with Crippen molar-refractivity contribution in [2.45, 2.75) is 5.38 Å². The van der Waals surface area contributed by atoms with Gasteiger partial charge in [-0.1, -0.05) is 29.3 Å². The van der Waals surface area contributed by atoms with E-state index in [1.165, 1.54) is 6.07 Å². The third kappa shape index (κ3) is 2.99. The average molecular weight is 326 g/mol. The molecule has 0 aliphatic carbocycles. The fourth-order valence-corrected chi connectivity index (χ4v) is 2.50. The molecule has 0 radical (unpaired) electrons. The van der Waals surface area contributed by atoms with Gasteiger partial charge in [0.2, 0.25) is 0 Å². The Labute approximate surface area is 122 Å². The summed E-state index contributed by atoms with van der Waals surface area (Å²) in [6.07, 6.45) is 0. The lowest BCUT2D eigenvalue weighted by molar-refractivity contribution is 0.445. The van der Waals surface area contributed by atoms with Crippen molar-refractivity contribution in [3.05, 3.63) is 69.0 Å². The second-order valence-corrected chi connectivity index (χ2v) is 5.11. The molecule has 2 rings (SSSR count). The van der Waals surface area contributed by atoms with Crippen molar-refractivity contribution in [1.82, 2.24) is 0 Å². The summed E-state index contributed by atoms with van der Waals surface area (Å²) >= 11 is 17.8. The Morgan fingerprint density at radius 3 is 2.00 bits per heavy atom. The predicted octanol–water partition coefficient (Wildman–Crippen LogP) is 5.74. The maximum Gasteiger partial charge on any atom is 0.194 e. The Kier molecular flexibility index (Phi) is 4.29. The van der Waals surface area contributed by atoms with E-state index in [0.717, 1.165) is 12.1 Å². The number of rotatable bonds is 2. The summed E-state index contributed by atoms with van der Waals surface area (Å²) < 4.78 is 39.2. The molecule has 0 aliphatic rings. The largest absolute Gasteiger partial charge is 0.204 e. The fourth-order valence-electron chi connectivity index (χ4n) is 1.61. The molecule has 2 aromatic carbocycles. The van der Waals surface area contributed by atoms with E-state index < -0.39 is 22.8 Å². The van der Waals surface area contributed by atoms with Crippen LogP contribution in [-0.4, -0.2) is 0 Å². The fraction of sp³-hybridized carbons (Fsp3) is 0.0769. The molecule has 1 atom stereocenters. The third-order valence-electron chi connectivity index (χ3n) is 2.53. The van der Waals surface area contributed by atoms with Gasteiger partial charge in [0, 0.05) is 10.0 Å². The van der Waals surface area contributed by atoms with Crippen molar-refractivity contribution in [3.8, 4) is 0 Å². The number of hydrogen-bond acceptors (Lipinski definition) is 0. The molecule has 0 N–H and O–H groups in total. The summed E-state index contributed by atoms with van der Waals surface area (Å²) in [5.41, 5.74) is 0.500. The lowest BCUT2D eigenvalue weighted by Crippen LogP contribution is -1.99. The monoisotopic (exact) mass is 324 g/mol. The van der Waals surface area contributed by atoms with E-state index in [1.807, 2.05) is 0 Å². The maximum absolute atomic E-state index is 13.2. The minimum Gasteiger partial charge on any atom is -0.204 e. The zero-order valence-electron chi connectivity index (χ0n) is 9.23. The zero-order valence-corrected chi connectivity index (χ0v) is 11.5. The van der Waals surface area contributed by atoms with Gasteiger partial charge in [-0.2, -0.15) is 0 Å². The van der Waals surface area contributed by atoms with Crippen molar-refractivity contribution in [1.29, 1.82) is 0 Å². The van der Waals surface area contributed by atoms with Crippen LogP contribution in [0.15, 0.2) is 30.3 Å². The van der Waals surface area contributed by atoms with Crippen LogP contribution in [0, 0.1) is 17.5 Å². The zero-order chi connectivity index (χ0) is 14.2. The quantitative estimate of drug-likeness (QED) is 0.488. The van der Waals surface area contributed by atoms with E-state index in [0.29, 0.717) is 10.6 Å². The molecule has 0 saturated carbocycles. The second-order valence-electron chi connectivity index (χ2n) is 3.83. The Morgan fingerprint density at radius 2 is 1.47 bits per heavy atom.